The van der Waals surface area contributed by atoms with E-state index >= 15 is 0 Å². The van der Waals surface area contributed by atoms with E-state index in [0.717, 1.165) is 30.2 Å². The van der Waals surface area contributed by atoms with E-state index in [-0.39, 0.29) is 0 Å². The molecule has 6 nitrogen and oxygen atoms in total. The minimum Gasteiger partial charge on any atom is -0.292 e. The predicted octanol–water partition coefficient (Wildman–Crippen LogP) is 1.21. The van der Waals surface area contributed by atoms with E-state index < -0.39 is 0 Å². The third kappa shape index (κ3) is 2.42. The van der Waals surface area contributed by atoms with Crippen LogP contribution in [0.4, 0.5) is 5.95 Å². The zero-order valence-electron chi connectivity index (χ0n) is 10.0. The Kier molecular flexibility index (Phi) is 3.34. The Morgan fingerprint density at radius 3 is 2.94 bits per heavy atom. The molecule has 2 rings (SSSR count). The molecule has 2 aromatic heterocycles. The summed E-state index contributed by atoms with van der Waals surface area (Å²) < 4.78 is 1.96. The van der Waals surface area contributed by atoms with Crippen molar-refractivity contribution in [3.8, 4) is 5.82 Å². The summed E-state index contributed by atoms with van der Waals surface area (Å²) in [6.45, 7) is 4.03. The van der Waals surface area contributed by atoms with Crippen molar-refractivity contribution in [2.45, 2.75) is 26.7 Å². The van der Waals surface area contributed by atoms with Gasteiger partial charge in [0.15, 0.2) is 0 Å². The Labute approximate surface area is 99.9 Å². The number of hydrogen-bond acceptors (Lipinski definition) is 5. The number of imidazole rings is 1. The van der Waals surface area contributed by atoms with Crippen molar-refractivity contribution in [1.29, 1.82) is 0 Å². The van der Waals surface area contributed by atoms with E-state index in [2.05, 4.69) is 27.3 Å². The molecule has 90 valence electrons. The molecule has 2 aromatic rings. The van der Waals surface area contributed by atoms with Crippen LogP contribution < -0.4 is 11.3 Å². The van der Waals surface area contributed by atoms with E-state index in [1.165, 1.54) is 0 Å². The van der Waals surface area contributed by atoms with Gasteiger partial charge in [0, 0.05) is 30.6 Å². The third-order valence-electron chi connectivity index (χ3n) is 2.41. The van der Waals surface area contributed by atoms with Crippen LogP contribution in [0.1, 0.15) is 24.9 Å². The Bertz CT molecular complexity index is 504. The normalized spacial score (nSPS) is 10.5. The number of aryl methyl sites for hydroxylation is 2. The van der Waals surface area contributed by atoms with Crippen LogP contribution in [-0.2, 0) is 6.42 Å². The molecule has 0 spiro atoms. The summed E-state index contributed by atoms with van der Waals surface area (Å²) in [5.74, 6) is 7.53. The number of hydrazine groups is 1. The molecule has 0 atom stereocenters. The molecule has 0 saturated carbocycles. The molecule has 0 aliphatic rings. The third-order valence-corrected chi connectivity index (χ3v) is 2.41. The van der Waals surface area contributed by atoms with Crippen LogP contribution in [-0.4, -0.2) is 19.5 Å². The maximum atomic E-state index is 5.34. The average molecular weight is 232 g/mol. The van der Waals surface area contributed by atoms with Crippen LogP contribution in [0.3, 0.4) is 0 Å². The molecule has 0 saturated heterocycles. The largest absolute Gasteiger partial charge is 0.292 e. The number of nitrogen functional groups attached to an aromatic ring is 1. The van der Waals surface area contributed by atoms with Gasteiger partial charge < -0.3 is 0 Å². The van der Waals surface area contributed by atoms with Crippen LogP contribution in [0.5, 0.6) is 0 Å². The number of anilines is 1. The fourth-order valence-corrected chi connectivity index (χ4v) is 1.69. The molecule has 2 heterocycles. The molecule has 17 heavy (non-hydrogen) atoms. The molecule has 0 amide bonds. The van der Waals surface area contributed by atoms with Gasteiger partial charge in [-0.15, -0.1) is 0 Å². The molecular formula is C11H16N6. The van der Waals surface area contributed by atoms with Crippen LogP contribution in [0.15, 0.2) is 18.5 Å². The van der Waals surface area contributed by atoms with Crippen molar-refractivity contribution in [1.82, 2.24) is 19.5 Å². The topological polar surface area (TPSA) is 81.7 Å². The number of rotatable bonds is 4. The highest BCUT2D eigenvalue weighted by molar-refractivity contribution is 5.34. The van der Waals surface area contributed by atoms with Crippen molar-refractivity contribution in [3.63, 3.8) is 0 Å². The first-order chi connectivity index (χ1) is 8.24. The Morgan fingerprint density at radius 2 is 2.24 bits per heavy atom. The number of aromatic nitrogens is 4. The molecule has 0 aromatic carbocycles. The Morgan fingerprint density at radius 1 is 1.41 bits per heavy atom. The number of nitrogens with two attached hydrogens (primary N) is 1. The maximum absolute atomic E-state index is 5.34. The molecule has 0 bridgehead atoms. The minimum absolute atomic E-state index is 0.413. The van der Waals surface area contributed by atoms with Gasteiger partial charge in [-0.05, 0) is 13.3 Å². The zero-order valence-corrected chi connectivity index (χ0v) is 10.0. The molecule has 6 heteroatoms. The fourth-order valence-electron chi connectivity index (χ4n) is 1.69. The van der Waals surface area contributed by atoms with Gasteiger partial charge in [-0.2, -0.15) is 4.98 Å². The van der Waals surface area contributed by atoms with E-state index in [1.807, 2.05) is 23.8 Å². The van der Waals surface area contributed by atoms with Crippen molar-refractivity contribution >= 4 is 5.95 Å². The van der Waals surface area contributed by atoms with E-state index in [1.54, 1.807) is 6.20 Å². The van der Waals surface area contributed by atoms with Crippen molar-refractivity contribution < 1.29 is 0 Å². The van der Waals surface area contributed by atoms with Gasteiger partial charge in [0.2, 0.25) is 5.95 Å². The summed E-state index contributed by atoms with van der Waals surface area (Å²) >= 11 is 0. The van der Waals surface area contributed by atoms with Crippen LogP contribution in [0.25, 0.3) is 5.82 Å². The van der Waals surface area contributed by atoms with Crippen molar-refractivity contribution in [2.24, 2.45) is 5.84 Å². The highest BCUT2D eigenvalue weighted by Gasteiger charge is 2.07. The molecule has 0 aliphatic heterocycles. The van der Waals surface area contributed by atoms with Gasteiger partial charge in [0.25, 0.3) is 0 Å². The lowest BCUT2D eigenvalue weighted by Crippen LogP contribution is -2.13. The lowest BCUT2D eigenvalue weighted by atomic mass is 10.3. The number of nitrogens with one attached hydrogen (secondary N) is 1. The van der Waals surface area contributed by atoms with Gasteiger partial charge in [0.05, 0.1) is 0 Å². The summed E-state index contributed by atoms with van der Waals surface area (Å²) in [5, 5.41) is 0. The molecule has 0 radical (unpaired) electrons. The summed E-state index contributed by atoms with van der Waals surface area (Å²) in [6, 6.07) is 1.90. The summed E-state index contributed by atoms with van der Waals surface area (Å²) in [5.41, 5.74) is 3.33. The second-order valence-corrected chi connectivity index (χ2v) is 3.80. The van der Waals surface area contributed by atoms with Gasteiger partial charge in [-0.1, -0.05) is 6.92 Å². The number of hydrogen-bond donors (Lipinski definition) is 2. The predicted molar refractivity (Wildman–Crippen MR) is 65.7 cm³/mol. The van der Waals surface area contributed by atoms with Crippen LogP contribution in [0.2, 0.25) is 0 Å². The highest BCUT2D eigenvalue weighted by atomic mass is 15.3. The summed E-state index contributed by atoms with van der Waals surface area (Å²) in [4.78, 5) is 12.8. The first-order valence-electron chi connectivity index (χ1n) is 5.59. The second-order valence-electron chi connectivity index (χ2n) is 3.80. The van der Waals surface area contributed by atoms with Crippen molar-refractivity contribution in [3.05, 3.63) is 30.0 Å². The van der Waals surface area contributed by atoms with E-state index in [9.17, 15) is 0 Å². The smallest absolute Gasteiger partial charge is 0.239 e. The maximum Gasteiger partial charge on any atom is 0.239 e. The minimum atomic E-state index is 0.413. The van der Waals surface area contributed by atoms with E-state index in [0.29, 0.717) is 5.95 Å². The van der Waals surface area contributed by atoms with Gasteiger partial charge in [-0.3, -0.25) is 9.99 Å². The van der Waals surface area contributed by atoms with E-state index in [4.69, 9.17) is 5.84 Å². The molecule has 0 fully saturated rings. The number of nitrogens with zero attached hydrogens (tertiary/aromatic N) is 4. The SMILES string of the molecule is CCCc1nccn1-c1cc(C)nc(NN)n1. The quantitative estimate of drug-likeness (QED) is 0.611. The first kappa shape index (κ1) is 11.5. The molecule has 3 N–H and O–H groups in total. The lowest BCUT2D eigenvalue weighted by Gasteiger charge is -2.08. The van der Waals surface area contributed by atoms with Gasteiger partial charge >= 0.3 is 0 Å². The summed E-state index contributed by atoms with van der Waals surface area (Å²) in [7, 11) is 0. The highest BCUT2D eigenvalue weighted by Crippen LogP contribution is 2.12. The van der Waals surface area contributed by atoms with Crippen molar-refractivity contribution in [2.75, 3.05) is 5.43 Å². The Hall–Kier alpha value is -1.95. The average Bonchev–Trinajstić information content (AvgIpc) is 2.77. The standard InChI is InChI=1S/C11H16N6/c1-3-4-9-13-5-6-17(9)10-7-8(2)14-11(15-10)16-12/h5-7H,3-4,12H2,1-2H3,(H,14,15,16). The Balaban J connectivity index is 2.44. The fraction of sp³-hybridized carbons (Fsp3) is 0.364. The monoisotopic (exact) mass is 232 g/mol. The lowest BCUT2D eigenvalue weighted by molar-refractivity contribution is 0.795. The second kappa shape index (κ2) is 4.92. The van der Waals surface area contributed by atoms with Crippen LogP contribution >= 0.6 is 0 Å². The zero-order chi connectivity index (χ0) is 12.3. The molecule has 0 aliphatic carbocycles. The van der Waals surface area contributed by atoms with Gasteiger partial charge in [-0.25, -0.2) is 15.8 Å². The molecule has 0 unspecified atom stereocenters. The summed E-state index contributed by atoms with van der Waals surface area (Å²) in [6.07, 6.45) is 5.63. The first-order valence-corrected chi connectivity index (χ1v) is 5.59. The van der Waals surface area contributed by atoms with Crippen LogP contribution in [0, 0.1) is 6.92 Å². The van der Waals surface area contributed by atoms with Gasteiger partial charge in [0.1, 0.15) is 11.6 Å². The molecular weight excluding hydrogens is 216 g/mol.